The Morgan fingerprint density at radius 3 is 2.71 bits per heavy atom. The van der Waals surface area contributed by atoms with Gasteiger partial charge in [0.05, 0.1) is 0 Å². The molecule has 1 aromatic heterocycles. The van der Waals surface area contributed by atoms with Crippen molar-refractivity contribution >= 4 is 16.6 Å². The van der Waals surface area contributed by atoms with Crippen LogP contribution >= 0.6 is 0 Å². The molecule has 0 aliphatic rings. The third-order valence-corrected chi connectivity index (χ3v) is 2.27. The van der Waals surface area contributed by atoms with Gasteiger partial charge in [0.1, 0.15) is 5.52 Å². The average Bonchev–Trinajstić information content (AvgIpc) is 2.14. The molecule has 0 unspecified atom stereocenters. The topological polar surface area (TPSA) is 38.9 Å². The second-order valence-electron chi connectivity index (χ2n) is 3.45. The molecular formula is C11H11FN2. The predicted octanol–water partition coefficient (Wildman–Crippen LogP) is 2.57. The van der Waals surface area contributed by atoms with Crippen LogP contribution < -0.4 is 5.73 Å². The first kappa shape index (κ1) is 8.94. The molecule has 0 saturated heterocycles. The van der Waals surface area contributed by atoms with Crippen LogP contribution in [-0.4, -0.2) is 4.98 Å². The van der Waals surface area contributed by atoms with Gasteiger partial charge in [0.25, 0.3) is 0 Å². The number of aryl methyl sites for hydroxylation is 2. The van der Waals surface area contributed by atoms with E-state index in [1.165, 1.54) is 0 Å². The number of pyridine rings is 1. The molecule has 2 aromatic rings. The first-order valence-electron chi connectivity index (χ1n) is 4.41. The molecule has 2 N–H and O–H groups in total. The van der Waals surface area contributed by atoms with Gasteiger partial charge in [0, 0.05) is 16.8 Å². The number of benzene rings is 1. The smallest absolute Gasteiger partial charge is 0.152 e. The number of aromatic nitrogens is 1. The van der Waals surface area contributed by atoms with E-state index in [-0.39, 0.29) is 5.82 Å². The molecule has 0 fully saturated rings. The second kappa shape index (κ2) is 2.94. The maximum Gasteiger partial charge on any atom is 0.152 e. The standard InChI is InChI=1S/C11H11FN2/c1-6-5-9(13)8-4-3-7(2)14-11(8)10(6)12/h3-5H,13H2,1-2H3. The van der Waals surface area contributed by atoms with E-state index in [0.29, 0.717) is 22.2 Å². The molecule has 0 amide bonds. The van der Waals surface area contributed by atoms with Crippen molar-refractivity contribution in [1.29, 1.82) is 0 Å². The minimum absolute atomic E-state index is 0.280. The van der Waals surface area contributed by atoms with Crippen LogP contribution in [0.3, 0.4) is 0 Å². The normalized spacial score (nSPS) is 10.8. The third kappa shape index (κ3) is 1.21. The van der Waals surface area contributed by atoms with Crippen LogP contribution in [0.4, 0.5) is 10.1 Å². The lowest BCUT2D eigenvalue weighted by Gasteiger charge is -2.06. The minimum atomic E-state index is -0.280. The number of hydrogen-bond acceptors (Lipinski definition) is 2. The Morgan fingerprint density at radius 2 is 2.00 bits per heavy atom. The average molecular weight is 190 g/mol. The fourth-order valence-electron chi connectivity index (χ4n) is 1.52. The maximum atomic E-state index is 13.6. The summed E-state index contributed by atoms with van der Waals surface area (Å²) < 4.78 is 13.6. The maximum absolute atomic E-state index is 13.6. The Labute approximate surface area is 81.6 Å². The van der Waals surface area contributed by atoms with Gasteiger partial charge in [0.15, 0.2) is 5.82 Å². The van der Waals surface area contributed by atoms with Gasteiger partial charge in [-0.15, -0.1) is 0 Å². The number of fused-ring (bicyclic) bond motifs is 1. The fourth-order valence-corrected chi connectivity index (χ4v) is 1.52. The van der Waals surface area contributed by atoms with Crippen molar-refractivity contribution < 1.29 is 4.39 Å². The Kier molecular flexibility index (Phi) is 1.88. The second-order valence-corrected chi connectivity index (χ2v) is 3.45. The first-order valence-corrected chi connectivity index (χ1v) is 4.41. The van der Waals surface area contributed by atoms with Gasteiger partial charge in [-0.1, -0.05) is 0 Å². The van der Waals surface area contributed by atoms with E-state index in [4.69, 9.17) is 5.73 Å². The van der Waals surface area contributed by atoms with E-state index in [2.05, 4.69) is 4.98 Å². The van der Waals surface area contributed by atoms with Crippen molar-refractivity contribution in [3.8, 4) is 0 Å². The van der Waals surface area contributed by atoms with Crippen molar-refractivity contribution in [3.05, 3.63) is 35.3 Å². The number of nitrogens with zero attached hydrogens (tertiary/aromatic N) is 1. The Morgan fingerprint density at radius 1 is 1.29 bits per heavy atom. The van der Waals surface area contributed by atoms with Crippen LogP contribution in [0.2, 0.25) is 0 Å². The summed E-state index contributed by atoms with van der Waals surface area (Å²) in [4.78, 5) is 4.14. The lowest BCUT2D eigenvalue weighted by molar-refractivity contribution is 0.627. The lowest BCUT2D eigenvalue weighted by Crippen LogP contribution is -1.95. The molecule has 0 saturated carbocycles. The van der Waals surface area contributed by atoms with E-state index in [9.17, 15) is 4.39 Å². The van der Waals surface area contributed by atoms with Crippen molar-refractivity contribution in [2.24, 2.45) is 0 Å². The van der Waals surface area contributed by atoms with Crippen molar-refractivity contribution in [3.63, 3.8) is 0 Å². The van der Waals surface area contributed by atoms with Crippen LogP contribution in [0.1, 0.15) is 11.3 Å². The predicted molar refractivity (Wildman–Crippen MR) is 55.6 cm³/mol. The quantitative estimate of drug-likeness (QED) is 0.648. The summed E-state index contributed by atoms with van der Waals surface area (Å²) >= 11 is 0. The number of nitrogen functional groups attached to an aromatic ring is 1. The van der Waals surface area contributed by atoms with E-state index >= 15 is 0 Å². The molecule has 72 valence electrons. The van der Waals surface area contributed by atoms with Crippen LogP contribution in [0, 0.1) is 19.7 Å². The Balaban J connectivity index is 2.95. The molecule has 1 heterocycles. The third-order valence-electron chi connectivity index (χ3n) is 2.27. The monoisotopic (exact) mass is 190 g/mol. The molecule has 14 heavy (non-hydrogen) atoms. The van der Waals surface area contributed by atoms with Gasteiger partial charge in [-0.3, -0.25) is 0 Å². The summed E-state index contributed by atoms with van der Waals surface area (Å²) in [5.41, 5.74) is 8.04. The van der Waals surface area contributed by atoms with E-state index in [1.54, 1.807) is 19.1 Å². The molecule has 2 nitrogen and oxygen atoms in total. The number of anilines is 1. The highest BCUT2D eigenvalue weighted by molar-refractivity contribution is 5.91. The van der Waals surface area contributed by atoms with Crippen molar-refractivity contribution in [2.45, 2.75) is 13.8 Å². The summed E-state index contributed by atoms with van der Waals surface area (Å²) in [5.74, 6) is -0.280. The Bertz CT molecular complexity index is 506. The zero-order valence-corrected chi connectivity index (χ0v) is 8.13. The van der Waals surface area contributed by atoms with Crippen molar-refractivity contribution in [1.82, 2.24) is 4.98 Å². The van der Waals surface area contributed by atoms with Gasteiger partial charge in [0.2, 0.25) is 0 Å². The molecule has 1 aromatic carbocycles. The fraction of sp³-hybridized carbons (Fsp3) is 0.182. The first-order chi connectivity index (χ1) is 6.59. The number of halogens is 1. The molecular weight excluding hydrogens is 179 g/mol. The molecule has 0 atom stereocenters. The van der Waals surface area contributed by atoms with Crippen molar-refractivity contribution in [2.75, 3.05) is 5.73 Å². The molecule has 3 heteroatoms. The Hall–Kier alpha value is -1.64. The number of rotatable bonds is 0. The highest BCUT2D eigenvalue weighted by atomic mass is 19.1. The highest BCUT2D eigenvalue weighted by Gasteiger charge is 2.08. The lowest BCUT2D eigenvalue weighted by atomic mass is 10.1. The van der Waals surface area contributed by atoms with Crippen LogP contribution in [-0.2, 0) is 0 Å². The molecule has 0 aliphatic carbocycles. The molecule has 0 spiro atoms. The molecule has 0 radical (unpaired) electrons. The number of hydrogen-bond donors (Lipinski definition) is 1. The van der Waals surface area contributed by atoms with Gasteiger partial charge in [-0.25, -0.2) is 9.37 Å². The van der Waals surface area contributed by atoms with Gasteiger partial charge >= 0.3 is 0 Å². The summed E-state index contributed by atoms with van der Waals surface area (Å²) in [5, 5.41) is 0.679. The van der Waals surface area contributed by atoms with E-state index in [1.807, 2.05) is 13.0 Å². The minimum Gasteiger partial charge on any atom is -0.398 e. The molecule has 2 rings (SSSR count). The van der Waals surface area contributed by atoms with Crippen LogP contribution in [0.25, 0.3) is 10.9 Å². The van der Waals surface area contributed by atoms with Crippen LogP contribution in [0.5, 0.6) is 0 Å². The number of nitrogens with two attached hydrogens (primary N) is 1. The summed E-state index contributed by atoms with van der Waals surface area (Å²) in [6.07, 6.45) is 0. The van der Waals surface area contributed by atoms with Gasteiger partial charge < -0.3 is 5.73 Å². The zero-order valence-electron chi connectivity index (χ0n) is 8.13. The molecule has 0 bridgehead atoms. The van der Waals surface area contributed by atoms with Crippen LogP contribution in [0.15, 0.2) is 18.2 Å². The van der Waals surface area contributed by atoms with Gasteiger partial charge in [-0.05, 0) is 37.6 Å². The SMILES string of the molecule is Cc1ccc2c(N)cc(C)c(F)c2n1. The largest absolute Gasteiger partial charge is 0.398 e. The summed E-state index contributed by atoms with van der Waals surface area (Å²) in [6.45, 7) is 3.52. The van der Waals surface area contributed by atoms with Gasteiger partial charge in [-0.2, -0.15) is 0 Å². The van der Waals surface area contributed by atoms with E-state index in [0.717, 1.165) is 5.69 Å². The molecule has 0 aliphatic heterocycles. The summed E-state index contributed by atoms with van der Waals surface area (Å²) in [7, 11) is 0. The van der Waals surface area contributed by atoms with E-state index < -0.39 is 0 Å². The summed E-state index contributed by atoms with van der Waals surface area (Å²) in [6, 6.07) is 5.26. The highest BCUT2D eigenvalue weighted by Crippen LogP contribution is 2.25. The zero-order chi connectivity index (χ0) is 10.3.